The number of hydrogen-bond acceptors (Lipinski definition) is 7. The van der Waals surface area contributed by atoms with E-state index in [4.69, 9.17) is 0 Å². The van der Waals surface area contributed by atoms with Crippen LogP contribution in [-0.2, 0) is 5.41 Å². The van der Waals surface area contributed by atoms with Crippen LogP contribution in [0.15, 0.2) is 23.6 Å². The van der Waals surface area contributed by atoms with E-state index in [2.05, 4.69) is 36.1 Å². The van der Waals surface area contributed by atoms with Crippen molar-refractivity contribution < 1.29 is 9.72 Å². The molecule has 0 aliphatic heterocycles. The number of nitrogens with zero attached hydrogens (tertiary/aromatic N) is 3. The van der Waals surface area contributed by atoms with Gasteiger partial charge >= 0.3 is 0 Å². The first-order chi connectivity index (χ1) is 13.1. The molecule has 2 heterocycles. The van der Waals surface area contributed by atoms with E-state index in [-0.39, 0.29) is 17.0 Å². The predicted octanol–water partition coefficient (Wildman–Crippen LogP) is 5.34. The number of nitro groups is 1. The van der Waals surface area contributed by atoms with Gasteiger partial charge in [0.1, 0.15) is 4.88 Å². The third-order valence-electron chi connectivity index (χ3n) is 4.07. The van der Waals surface area contributed by atoms with Crippen LogP contribution < -0.4 is 5.32 Å². The van der Waals surface area contributed by atoms with Gasteiger partial charge in [-0.2, -0.15) is 0 Å². The molecular weight excluding hydrogens is 396 g/mol. The van der Waals surface area contributed by atoms with Crippen molar-refractivity contribution in [3.8, 4) is 11.3 Å². The summed E-state index contributed by atoms with van der Waals surface area (Å²) in [5, 5.41) is 17.1. The maximum Gasteiger partial charge on any atom is 0.272 e. The van der Waals surface area contributed by atoms with Crippen LogP contribution in [0.1, 0.15) is 46.7 Å². The van der Waals surface area contributed by atoms with Gasteiger partial charge in [-0.15, -0.1) is 22.7 Å². The van der Waals surface area contributed by atoms with E-state index in [0.717, 1.165) is 5.01 Å². The third-order valence-corrected chi connectivity index (χ3v) is 6.41. The van der Waals surface area contributed by atoms with E-state index in [1.165, 1.54) is 28.7 Å². The van der Waals surface area contributed by atoms with Crippen molar-refractivity contribution in [1.82, 2.24) is 9.97 Å². The smallest absolute Gasteiger partial charge is 0.272 e. The molecule has 0 aliphatic rings. The average molecular weight is 417 g/mol. The van der Waals surface area contributed by atoms with Gasteiger partial charge in [-0.3, -0.25) is 20.2 Å². The van der Waals surface area contributed by atoms with E-state index in [0.29, 0.717) is 32.5 Å². The van der Waals surface area contributed by atoms with Crippen LogP contribution in [0, 0.1) is 24.0 Å². The third kappa shape index (κ3) is 4.10. The van der Waals surface area contributed by atoms with Gasteiger partial charge in [0.15, 0.2) is 5.13 Å². The minimum atomic E-state index is -0.409. The van der Waals surface area contributed by atoms with Gasteiger partial charge < -0.3 is 0 Å². The van der Waals surface area contributed by atoms with Gasteiger partial charge in [0.2, 0.25) is 0 Å². The molecule has 146 valence electrons. The topological polar surface area (TPSA) is 98.0 Å². The zero-order valence-electron chi connectivity index (χ0n) is 16.2. The Balaban J connectivity index is 1.82. The first-order valence-electron chi connectivity index (χ1n) is 8.56. The second-order valence-corrected chi connectivity index (χ2v) is 9.29. The molecule has 0 aliphatic carbocycles. The van der Waals surface area contributed by atoms with Crippen molar-refractivity contribution >= 4 is 39.4 Å². The molecule has 0 bridgehead atoms. The maximum atomic E-state index is 12.6. The first kappa shape index (κ1) is 20.1. The number of carbonyl (C=O) groups excluding carboxylic acids is 1. The Bertz CT molecular complexity index is 1060. The molecule has 7 nitrogen and oxygen atoms in total. The Morgan fingerprint density at radius 3 is 2.54 bits per heavy atom. The highest BCUT2D eigenvalue weighted by Crippen LogP contribution is 2.32. The molecule has 2 aromatic heterocycles. The average Bonchev–Trinajstić information content (AvgIpc) is 3.21. The summed E-state index contributed by atoms with van der Waals surface area (Å²) in [6.45, 7) is 9.68. The Morgan fingerprint density at radius 2 is 1.93 bits per heavy atom. The minimum Gasteiger partial charge on any atom is -0.297 e. The second kappa shape index (κ2) is 7.40. The quantitative estimate of drug-likeness (QED) is 0.457. The molecular formula is C19H20N4O3S2. The molecule has 0 radical (unpaired) electrons. The normalized spacial score (nSPS) is 11.5. The molecule has 3 rings (SSSR count). The van der Waals surface area contributed by atoms with Crippen molar-refractivity contribution in [3.63, 3.8) is 0 Å². The lowest BCUT2D eigenvalue weighted by atomic mass is 9.98. The van der Waals surface area contributed by atoms with E-state index in [1.54, 1.807) is 24.4 Å². The summed E-state index contributed by atoms with van der Waals surface area (Å²) in [4.78, 5) is 32.9. The van der Waals surface area contributed by atoms with Crippen LogP contribution in [0.2, 0.25) is 0 Å². The summed E-state index contributed by atoms with van der Waals surface area (Å²) >= 11 is 2.66. The van der Waals surface area contributed by atoms with E-state index in [1.807, 2.05) is 6.92 Å². The number of thiazole rings is 2. The molecule has 0 saturated heterocycles. The molecule has 0 spiro atoms. The van der Waals surface area contributed by atoms with Crippen molar-refractivity contribution in [2.45, 2.75) is 40.0 Å². The molecule has 1 aromatic carbocycles. The number of nitro benzene ring substituents is 1. The monoisotopic (exact) mass is 416 g/mol. The number of aryl methyl sites for hydroxylation is 2. The second-order valence-electron chi connectivity index (χ2n) is 7.43. The number of carbonyl (C=O) groups is 1. The van der Waals surface area contributed by atoms with Gasteiger partial charge in [0.25, 0.3) is 11.6 Å². The van der Waals surface area contributed by atoms with Gasteiger partial charge in [0, 0.05) is 28.0 Å². The van der Waals surface area contributed by atoms with Gasteiger partial charge in [-0.1, -0.05) is 32.9 Å². The SMILES string of the molecule is Cc1ccc(-c2csc(NC(=O)c3sc(C(C)(C)C)nc3C)n2)cc1[N+](=O)[O-]. The lowest BCUT2D eigenvalue weighted by Crippen LogP contribution is -2.11. The summed E-state index contributed by atoms with van der Waals surface area (Å²) in [7, 11) is 0. The van der Waals surface area contributed by atoms with E-state index >= 15 is 0 Å². The number of benzene rings is 1. The Kier molecular flexibility index (Phi) is 5.31. The highest BCUT2D eigenvalue weighted by atomic mass is 32.1. The Labute approximate surface area is 170 Å². The number of nitrogens with one attached hydrogen (secondary N) is 1. The van der Waals surface area contributed by atoms with Gasteiger partial charge in [-0.05, 0) is 13.8 Å². The van der Waals surface area contributed by atoms with Crippen molar-refractivity contribution in [2.75, 3.05) is 5.32 Å². The zero-order valence-corrected chi connectivity index (χ0v) is 17.8. The maximum absolute atomic E-state index is 12.6. The summed E-state index contributed by atoms with van der Waals surface area (Å²) in [5.74, 6) is -0.249. The van der Waals surface area contributed by atoms with Crippen LogP contribution in [-0.4, -0.2) is 20.8 Å². The molecule has 0 saturated carbocycles. The number of aromatic nitrogens is 2. The lowest BCUT2D eigenvalue weighted by Gasteiger charge is -2.13. The van der Waals surface area contributed by atoms with Crippen LogP contribution in [0.3, 0.4) is 0 Å². The molecule has 3 aromatic rings. The van der Waals surface area contributed by atoms with Crippen molar-refractivity contribution in [3.05, 3.63) is 54.8 Å². The molecule has 28 heavy (non-hydrogen) atoms. The van der Waals surface area contributed by atoms with E-state index in [9.17, 15) is 14.9 Å². The fraction of sp³-hybridized carbons (Fsp3) is 0.316. The van der Waals surface area contributed by atoms with Crippen molar-refractivity contribution in [1.29, 1.82) is 0 Å². The first-order valence-corrected chi connectivity index (χ1v) is 10.3. The van der Waals surface area contributed by atoms with Crippen molar-refractivity contribution in [2.24, 2.45) is 0 Å². The number of hydrogen-bond donors (Lipinski definition) is 1. The number of rotatable bonds is 4. The molecule has 1 N–H and O–H groups in total. The highest BCUT2D eigenvalue weighted by Gasteiger charge is 2.23. The minimum absolute atomic E-state index is 0.0473. The predicted molar refractivity (Wildman–Crippen MR) is 112 cm³/mol. The summed E-state index contributed by atoms with van der Waals surface area (Å²) in [6.07, 6.45) is 0. The molecule has 9 heteroatoms. The number of amides is 1. The number of anilines is 1. The Hall–Kier alpha value is -2.65. The van der Waals surface area contributed by atoms with Crippen LogP contribution >= 0.6 is 22.7 Å². The van der Waals surface area contributed by atoms with Crippen LogP contribution in [0.25, 0.3) is 11.3 Å². The van der Waals surface area contributed by atoms with E-state index < -0.39 is 4.92 Å². The molecule has 0 atom stereocenters. The molecule has 1 amide bonds. The largest absolute Gasteiger partial charge is 0.297 e. The van der Waals surface area contributed by atoms with Crippen LogP contribution in [0.5, 0.6) is 0 Å². The fourth-order valence-electron chi connectivity index (χ4n) is 2.51. The lowest BCUT2D eigenvalue weighted by molar-refractivity contribution is -0.385. The summed E-state index contributed by atoms with van der Waals surface area (Å²) < 4.78 is 0. The molecule has 0 fully saturated rings. The highest BCUT2D eigenvalue weighted by molar-refractivity contribution is 7.15. The van der Waals surface area contributed by atoms with Gasteiger partial charge in [-0.25, -0.2) is 9.97 Å². The molecule has 0 unspecified atom stereocenters. The van der Waals surface area contributed by atoms with Crippen LogP contribution in [0.4, 0.5) is 10.8 Å². The summed E-state index contributed by atoms with van der Waals surface area (Å²) in [6, 6.07) is 4.98. The standard InChI is InChI=1S/C19H20N4O3S2/c1-10-6-7-12(8-14(10)23(25)26)13-9-27-18(21-13)22-16(24)15-11(2)20-17(28-15)19(3,4)5/h6-9H,1-5H3,(H,21,22,24). The summed E-state index contributed by atoms with van der Waals surface area (Å²) in [5.41, 5.74) is 2.43. The Morgan fingerprint density at radius 1 is 1.21 bits per heavy atom. The van der Waals surface area contributed by atoms with Gasteiger partial charge in [0.05, 0.1) is 21.3 Å². The zero-order chi connectivity index (χ0) is 20.6. The fourth-order valence-corrected chi connectivity index (χ4v) is 4.24.